The molecule has 8 nitrogen and oxygen atoms in total. The van der Waals surface area contributed by atoms with Crippen molar-refractivity contribution in [2.75, 3.05) is 4.90 Å². The summed E-state index contributed by atoms with van der Waals surface area (Å²) >= 11 is 0. The molecule has 1 aliphatic rings. The van der Waals surface area contributed by atoms with Crippen molar-refractivity contribution in [1.82, 2.24) is 10.3 Å². The zero-order valence-corrected chi connectivity index (χ0v) is 26.6. The molecule has 0 saturated carbocycles. The first-order valence-electron chi connectivity index (χ1n) is 14.3. The number of nitrogens with zero attached hydrogens (tertiary/aromatic N) is 2. The Kier molecular flexibility index (Phi) is 10.6. The lowest BCUT2D eigenvalue weighted by molar-refractivity contribution is -0.274. The van der Waals surface area contributed by atoms with Gasteiger partial charge in [0.05, 0.1) is 17.0 Å². The Morgan fingerprint density at radius 1 is 0.875 bits per heavy atom. The van der Waals surface area contributed by atoms with Gasteiger partial charge in [-0.15, -0.1) is 13.2 Å². The highest BCUT2D eigenvalue weighted by atomic mass is 32.2. The summed E-state index contributed by atoms with van der Waals surface area (Å²) in [6.45, 7) is 5.30. The maximum absolute atomic E-state index is 13.6. The van der Waals surface area contributed by atoms with Crippen LogP contribution < -0.4 is 15.0 Å². The largest absolute Gasteiger partial charge is 0.573 e. The lowest BCUT2D eigenvalue weighted by Gasteiger charge is -2.30. The monoisotopic (exact) mass is 695 g/mol. The van der Waals surface area contributed by atoms with Gasteiger partial charge in [-0.2, -0.15) is 21.6 Å². The van der Waals surface area contributed by atoms with E-state index in [1.165, 1.54) is 35.2 Å². The molecule has 1 aromatic heterocycles. The highest BCUT2D eigenvalue weighted by Crippen LogP contribution is 2.39. The third-order valence-electron chi connectivity index (χ3n) is 7.47. The smallest absolute Gasteiger partial charge is 0.406 e. The summed E-state index contributed by atoms with van der Waals surface area (Å²) in [5, 5.41) is 3.24. The number of rotatable bonds is 7. The zero-order chi connectivity index (χ0) is 35.5. The second kappa shape index (κ2) is 13.9. The second-order valence-corrected chi connectivity index (χ2v) is 12.9. The summed E-state index contributed by atoms with van der Waals surface area (Å²) in [4.78, 5) is 18.5. The molecule has 15 heteroatoms. The molecule has 256 valence electrons. The van der Waals surface area contributed by atoms with Gasteiger partial charge in [-0.1, -0.05) is 54.1 Å². The Hall–Kier alpha value is -4.47. The van der Waals surface area contributed by atoms with Crippen LogP contribution in [0.15, 0.2) is 102 Å². The first-order valence-corrected chi connectivity index (χ1v) is 15.8. The molecule has 0 aliphatic carbocycles. The fourth-order valence-corrected chi connectivity index (χ4v) is 5.59. The van der Waals surface area contributed by atoms with Crippen molar-refractivity contribution < 1.29 is 48.8 Å². The van der Waals surface area contributed by atoms with Crippen molar-refractivity contribution >= 4 is 21.7 Å². The number of hydrogen-bond acceptors (Lipinski definition) is 6. The quantitative estimate of drug-likeness (QED) is 0.151. The molecular formula is C33H31F6N3O5S. The molecule has 0 bridgehead atoms. The molecule has 0 radical (unpaired) electrons. The molecular weight excluding hydrogens is 664 g/mol. The number of ether oxygens (including phenoxy) is 1. The number of pyridine rings is 1. The third-order valence-corrected chi connectivity index (χ3v) is 8.34. The number of amides is 1. The summed E-state index contributed by atoms with van der Waals surface area (Å²) in [5.74, 6) is -0.740. The van der Waals surface area contributed by atoms with Gasteiger partial charge >= 0.3 is 12.5 Å². The summed E-state index contributed by atoms with van der Waals surface area (Å²) in [6.07, 6.45) is -7.96. The van der Waals surface area contributed by atoms with Crippen molar-refractivity contribution in [3.8, 4) is 5.75 Å². The Labute approximate surface area is 273 Å². The summed E-state index contributed by atoms with van der Waals surface area (Å²) in [5.41, 5.74) is 0.682. The van der Waals surface area contributed by atoms with Gasteiger partial charge in [0.15, 0.2) is 0 Å². The molecule has 0 unspecified atom stereocenters. The molecule has 0 spiro atoms. The summed E-state index contributed by atoms with van der Waals surface area (Å²) in [6, 6.07) is 21.2. The number of carbonyl (C=O) groups is 1. The van der Waals surface area contributed by atoms with Gasteiger partial charge in [-0.3, -0.25) is 19.6 Å². The Bertz CT molecular complexity index is 1800. The maximum atomic E-state index is 13.6. The van der Waals surface area contributed by atoms with Gasteiger partial charge in [-0.05, 0) is 80.8 Å². The first kappa shape index (κ1) is 36.4. The fraction of sp³-hybridized carbons (Fsp3) is 0.273. The van der Waals surface area contributed by atoms with Crippen LogP contribution in [0.2, 0.25) is 0 Å². The molecule has 2 heterocycles. The standard InChI is InChI=1S/C26H23F6N3O2.C7H8O3S/c1-24(2,17-8-13-22(33-15-17)25(27,28)29)34-20-14-21(16-6-4-3-5-7-16)35(23(20)36)18-9-11-19(12-10-18)37-26(30,31)32;1-6-2-4-7(5-3-6)11(8,9)10/h3-13,15,20-21,34H,14H2,1-2H3;2-5H,1H3,(H,8,9,10)/t20-,21-;/m1./s1. The van der Waals surface area contributed by atoms with Gasteiger partial charge < -0.3 is 9.64 Å². The van der Waals surface area contributed by atoms with Crippen molar-refractivity contribution in [2.24, 2.45) is 0 Å². The number of aryl methyl sites for hydroxylation is 1. The molecule has 2 atom stereocenters. The van der Waals surface area contributed by atoms with Crippen LogP contribution in [0.4, 0.5) is 32.0 Å². The molecule has 1 aliphatic heterocycles. The van der Waals surface area contributed by atoms with E-state index in [0.717, 1.165) is 35.5 Å². The van der Waals surface area contributed by atoms with Gasteiger partial charge in [0.1, 0.15) is 11.4 Å². The summed E-state index contributed by atoms with van der Waals surface area (Å²) in [7, 11) is -4.02. The number of aromatic nitrogens is 1. The van der Waals surface area contributed by atoms with E-state index in [9.17, 15) is 39.6 Å². The van der Waals surface area contributed by atoms with Crippen molar-refractivity contribution in [1.29, 1.82) is 0 Å². The topological polar surface area (TPSA) is 109 Å². The first-order chi connectivity index (χ1) is 22.2. The van der Waals surface area contributed by atoms with Crippen LogP contribution in [0, 0.1) is 6.92 Å². The lowest BCUT2D eigenvalue weighted by atomic mass is 9.93. The number of anilines is 1. The number of benzene rings is 3. The fourth-order valence-electron chi connectivity index (χ4n) is 5.11. The number of nitrogens with one attached hydrogen (secondary N) is 1. The van der Waals surface area contributed by atoms with Crippen LogP contribution >= 0.6 is 0 Å². The minimum Gasteiger partial charge on any atom is -0.406 e. The molecule has 4 aromatic rings. The highest BCUT2D eigenvalue weighted by Gasteiger charge is 2.43. The Balaban J connectivity index is 0.000000401. The van der Waals surface area contributed by atoms with E-state index in [1.54, 1.807) is 26.0 Å². The molecule has 5 rings (SSSR count). The zero-order valence-electron chi connectivity index (χ0n) is 25.8. The maximum Gasteiger partial charge on any atom is 0.573 e. The predicted octanol–water partition coefficient (Wildman–Crippen LogP) is 7.61. The lowest BCUT2D eigenvalue weighted by Crippen LogP contribution is -2.47. The van der Waals surface area contributed by atoms with Crippen LogP contribution in [0.25, 0.3) is 0 Å². The molecule has 1 amide bonds. The van der Waals surface area contributed by atoms with E-state index in [1.807, 2.05) is 37.3 Å². The SMILES string of the molecule is CC(C)(N[C@@H]1C[C@H](c2ccccc2)N(c2ccc(OC(F)(F)F)cc2)C1=O)c1ccc(C(F)(F)F)nc1.Cc1ccc(S(=O)(=O)O)cc1. The van der Waals surface area contributed by atoms with Crippen molar-refractivity contribution in [3.63, 3.8) is 0 Å². The van der Waals surface area contributed by atoms with E-state index < -0.39 is 51.7 Å². The van der Waals surface area contributed by atoms with Gasteiger partial charge in [-0.25, -0.2) is 0 Å². The third kappa shape index (κ3) is 9.33. The van der Waals surface area contributed by atoms with E-state index >= 15 is 0 Å². The van der Waals surface area contributed by atoms with Crippen molar-refractivity contribution in [3.05, 3.63) is 120 Å². The van der Waals surface area contributed by atoms with E-state index in [0.29, 0.717) is 17.7 Å². The van der Waals surface area contributed by atoms with Crippen LogP contribution in [-0.4, -0.2) is 36.3 Å². The highest BCUT2D eigenvalue weighted by molar-refractivity contribution is 7.85. The average molecular weight is 696 g/mol. The van der Waals surface area contributed by atoms with Crippen molar-refractivity contribution in [2.45, 2.75) is 62.2 Å². The molecule has 2 N–H and O–H groups in total. The normalized spacial score (nSPS) is 17.1. The molecule has 3 aromatic carbocycles. The summed E-state index contributed by atoms with van der Waals surface area (Å²) < 4.78 is 110. The van der Waals surface area contributed by atoms with Gasteiger partial charge in [0.2, 0.25) is 5.91 Å². The van der Waals surface area contributed by atoms with E-state index in [2.05, 4.69) is 15.0 Å². The Morgan fingerprint density at radius 2 is 1.48 bits per heavy atom. The number of halogens is 6. The van der Waals surface area contributed by atoms with E-state index in [-0.39, 0.29) is 10.8 Å². The number of hydrogen-bond donors (Lipinski definition) is 2. The number of alkyl halides is 6. The van der Waals surface area contributed by atoms with Crippen LogP contribution in [0.1, 0.15) is 48.7 Å². The number of carbonyl (C=O) groups excluding carboxylic acids is 1. The van der Waals surface area contributed by atoms with Crippen LogP contribution in [-0.2, 0) is 26.6 Å². The van der Waals surface area contributed by atoms with Crippen LogP contribution in [0.3, 0.4) is 0 Å². The van der Waals surface area contributed by atoms with E-state index in [4.69, 9.17) is 4.55 Å². The minimum absolute atomic E-state index is 0.0666. The average Bonchev–Trinajstić information content (AvgIpc) is 3.32. The van der Waals surface area contributed by atoms with Gasteiger partial charge in [0.25, 0.3) is 10.1 Å². The molecule has 1 fully saturated rings. The van der Waals surface area contributed by atoms with Crippen LogP contribution in [0.5, 0.6) is 5.75 Å². The minimum atomic E-state index is -4.84. The second-order valence-electron chi connectivity index (χ2n) is 11.5. The Morgan fingerprint density at radius 3 is 1.98 bits per heavy atom. The predicted molar refractivity (Wildman–Crippen MR) is 165 cm³/mol. The molecule has 48 heavy (non-hydrogen) atoms. The molecule has 1 saturated heterocycles. The van der Waals surface area contributed by atoms with Gasteiger partial charge in [0, 0.05) is 17.4 Å².